The molecule has 2 aromatic rings. The molecule has 1 atom stereocenters. The van der Waals surface area contributed by atoms with Gasteiger partial charge in [0.1, 0.15) is 5.82 Å². The van der Waals surface area contributed by atoms with E-state index in [0.717, 1.165) is 21.5 Å². The van der Waals surface area contributed by atoms with Gasteiger partial charge < -0.3 is 5.73 Å². The monoisotopic (exact) mass is 367 g/mol. The van der Waals surface area contributed by atoms with Crippen LogP contribution in [-0.2, 0) is 6.18 Å². The van der Waals surface area contributed by atoms with E-state index in [0.29, 0.717) is 10.9 Å². The lowest BCUT2D eigenvalue weighted by atomic mass is 10.0. The molecule has 0 spiro atoms. The Morgan fingerprint density at radius 3 is 2.40 bits per heavy atom. The Morgan fingerprint density at radius 1 is 1.25 bits per heavy atom. The summed E-state index contributed by atoms with van der Waals surface area (Å²) < 4.78 is 52.6. The molecule has 1 aromatic heterocycles. The lowest BCUT2D eigenvalue weighted by molar-refractivity contribution is -0.137. The van der Waals surface area contributed by atoms with E-state index < -0.39 is 23.6 Å². The van der Waals surface area contributed by atoms with Crippen molar-refractivity contribution >= 4 is 27.3 Å². The number of benzene rings is 1. The lowest BCUT2D eigenvalue weighted by Crippen LogP contribution is -2.14. The van der Waals surface area contributed by atoms with Gasteiger partial charge in [-0.1, -0.05) is 0 Å². The van der Waals surface area contributed by atoms with E-state index >= 15 is 0 Å². The van der Waals surface area contributed by atoms with Crippen LogP contribution in [0.2, 0.25) is 0 Å². The molecule has 2 N–H and O–H groups in total. The van der Waals surface area contributed by atoms with Crippen LogP contribution in [0.25, 0.3) is 0 Å². The first-order chi connectivity index (χ1) is 9.20. The fourth-order valence-corrected chi connectivity index (χ4v) is 3.34. The van der Waals surface area contributed by atoms with Gasteiger partial charge in [-0.2, -0.15) is 13.2 Å². The fourth-order valence-electron chi connectivity index (χ4n) is 1.75. The molecule has 108 valence electrons. The zero-order valence-corrected chi connectivity index (χ0v) is 12.7. The first kappa shape index (κ1) is 15.5. The maximum atomic E-state index is 13.7. The molecule has 7 heteroatoms. The van der Waals surface area contributed by atoms with Gasteiger partial charge in [0.25, 0.3) is 0 Å². The second-order valence-corrected chi connectivity index (χ2v) is 6.72. The summed E-state index contributed by atoms with van der Waals surface area (Å²) in [7, 11) is 0. The van der Waals surface area contributed by atoms with E-state index in [1.807, 2.05) is 6.92 Å². The first-order valence-corrected chi connectivity index (χ1v) is 7.19. The highest BCUT2D eigenvalue weighted by molar-refractivity contribution is 9.11. The number of nitrogens with two attached hydrogens (primary N) is 1. The molecule has 0 amide bonds. The van der Waals surface area contributed by atoms with E-state index in [9.17, 15) is 17.6 Å². The molecular weight excluding hydrogens is 358 g/mol. The molecule has 0 radical (unpaired) electrons. The molecule has 0 aliphatic heterocycles. The Morgan fingerprint density at radius 2 is 1.90 bits per heavy atom. The van der Waals surface area contributed by atoms with Gasteiger partial charge in [-0.15, -0.1) is 11.3 Å². The fraction of sp³-hybridized carbons (Fsp3) is 0.231. The van der Waals surface area contributed by atoms with Crippen molar-refractivity contribution in [2.24, 2.45) is 5.73 Å². The molecule has 1 aromatic carbocycles. The zero-order valence-electron chi connectivity index (χ0n) is 10.3. The predicted molar refractivity (Wildman–Crippen MR) is 74.2 cm³/mol. The van der Waals surface area contributed by atoms with E-state index in [1.54, 1.807) is 6.07 Å². The van der Waals surface area contributed by atoms with Crippen LogP contribution in [0.4, 0.5) is 17.6 Å². The van der Waals surface area contributed by atoms with Crippen molar-refractivity contribution in [3.63, 3.8) is 0 Å². The summed E-state index contributed by atoms with van der Waals surface area (Å²) in [4.78, 5) is 0.604. The molecule has 0 aliphatic rings. The number of aryl methyl sites for hydroxylation is 1. The van der Waals surface area contributed by atoms with Gasteiger partial charge >= 0.3 is 6.18 Å². The van der Waals surface area contributed by atoms with Crippen molar-refractivity contribution in [3.8, 4) is 0 Å². The topological polar surface area (TPSA) is 26.0 Å². The van der Waals surface area contributed by atoms with Crippen LogP contribution in [0, 0.1) is 12.7 Å². The third-order valence-electron chi connectivity index (χ3n) is 2.84. The molecular formula is C13H10BrF4NS. The van der Waals surface area contributed by atoms with E-state index in [-0.39, 0.29) is 5.56 Å². The number of alkyl halides is 3. The molecule has 0 saturated heterocycles. The minimum Gasteiger partial charge on any atom is -0.320 e. The third-order valence-corrected chi connectivity index (χ3v) is 5.06. The summed E-state index contributed by atoms with van der Waals surface area (Å²) >= 11 is 4.59. The minimum absolute atomic E-state index is 0.159. The molecule has 0 aliphatic carbocycles. The van der Waals surface area contributed by atoms with E-state index in [4.69, 9.17) is 5.73 Å². The second-order valence-electron chi connectivity index (χ2n) is 4.32. The van der Waals surface area contributed by atoms with Crippen molar-refractivity contribution < 1.29 is 17.6 Å². The van der Waals surface area contributed by atoms with Gasteiger partial charge in [0.15, 0.2) is 0 Å². The normalized spacial score (nSPS) is 13.6. The van der Waals surface area contributed by atoms with Crippen LogP contribution in [-0.4, -0.2) is 0 Å². The highest BCUT2D eigenvalue weighted by Gasteiger charge is 2.32. The van der Waals surface area contributed by atoms with Gasteiger partial charge in [-0.25, -0.2) is 4.39 Å². The summed E-state index contributed by atoms with van der Waals surface area (Å²) in [6.07, 6.45) is -4.52. The predicted octanol–water partition coefficient (Wildman–Crippen LogP) is 5.03. The Hall–Kier alpha value is -0.920. The SMILES string of the molecule is Cc1cc(C(N)c2cc(C(F)(F)F)ccc2F)sc1Br. The van der Waals surface area contributed by atoms with Gasteiger partial charge in [-0.3, -0.25) is 0 Å². The van der Waals surface area contributed by atoms with Gasteiger partial charge in [0, 0.05) is 10.4 Å². The minimum atomic E-state index is -4.52. The molecule has 0 saturated carbocycles. The highest BCUT2D eigenvalue weighted by atomic mass is 79.9. The zero-order chi connectivity index (χ0) is 15.1. The Labute approximate surface area is 125 Å². The largest absolute Gasteiger partial charge is 0.416 e. The summed E-state index contributed by atoms with van der Waals surface area (Å²) in [5.74, 6) is -0.743. The lowest BCUT2D eigenvalue weighted by Gasteiger charge is -2.14. The van der Waals surface area contributed by atoms with Crippen LogP contribution in [0.1, 0.15) is 27.6 Å². The smallest absolute Gasteiger partial charge is 0.320 e. The number of halogens is 5. The molecule has 2 rings (SSSR count). The third kappa shape index (κ3) is 3.05. The molecule has 1 nitrogen and oxygen atoms in total. The average molecular weight is 368 g/mol. The Kier molecular flexibility index (Phi) is 4.22. The van der Waals surface area contributed by atoms with Crippen molar-refractivity contribution in [3.05, 3.63) is 55.4 Å². The molecule has 0 bridgehead atoms. The van der Waals surface area contributed by atoms with Gasteiger partial charge in [0.05, 0.1) is 15.4 Å². The van der Waals surface area contributed by atoms with Crippen molar-refractivity contribution in [2.45, 2.75) is 19.1 Å². The summed E-state index contributed by atoms with van der Waals surface area (Å²) in [5.41, 5.74) is 5.74. The molecule has 0 fully saturated rings. The quantitative estimate of drug-likeness (QED) is 0.740. The summed E-state index contributed by atoms with van der Waals surface area (Å²) in [5, 5.41) is 0. The number of rotatable bonds is 2. The summed E-state index contributed by atoms with van der Waals surface area (Å²) in [6.45, 7) is 1.83. The van der Waals surface area contributed by atoms with E-state index in [2.05, 4.69) is 15.9 Å². The maximum absolute atomic E-state index is 13.7. The van der Waals surface area contributed by atoms with Crippen LogP contribution in [0.15, 0.2) is 28.1 Å². The first-order valence-electron chi connectivity index (χ1n) is 5.58. The van der Waals surface area contributed by atoms with Crippen molar-refractivity contribution in [1.82, 2.24) is 0 Å². The van der Waals surface area contributed by atoms with Crippen LogP contribution < -0.4 is 5.73 Å². The van der Waals surface area contributed by atoms with Gasteiger partial charge in [-0.05, 0) is 52.7 Å². The maximum Gasteiger partial charge on any atom is 0.416 e. The molecule has 1 unspecified atom stereocenters. The number of hydrogen-bond acceptors (Lipinski definition) is 2. The van der Waals surface area contributed by atoms with Crippen LogP contribution in [0.3, 0.4) is 0 Å². The average Bonchev–Trinajstić information content (AvgIpc) is 2.68. The van der Waals surface area contributed by atoms with Crippen LogP contribution in [0.5, 0.6) is 0 Å². The second kappa shape index (κ2) is 5.46. The van der Waals surface area contributed by atoms with Crippen molar-refractivity contribution in [2.75, 3.05) is 0 Å². The van der Waals surface area contributed by atoms with Crippen molar-refractivity contribution in [1.29, 1.82) is 0 Å². The number of thiophene rings is 1. The Bertz CT molecular complexity index is 616. The van der Waals surface area contributed by atoms with Gasteiger partial charge in [0.2, 0.25) is 0 Å². The Balaban J connectivity index is 2.46. The number of hydrogen-bond donors (Lipinski definition) is 1. The standard InChI is InChI=1S/C13H10BrF4NS/c1-6-4-10(20-12(6)14)11(19)8-5-7(13(16,17)18)2-3-9(8)15/h2-5,11H,19H2,1H3. The molecule has 1 heterocycles. The summed E-state index contributed by atoms with van der Waals surface area (Å²) in [6, 6.07) is 3.09. The van der Waals surface area contributed by atoms with Crippen LogP contribution >= 0.6 is 27.3 Å². The molecule has 20 heavy (non-hydrogen) atoms. The van der Waals surface area contributed by atoms with E-state index in [1.165, 1.54) is 11.3 Å². The highest BCUT2D eigenvalue weighted by Crippen LogP contribution is 2.36.